The number of rotatable bonds is 7. The highest BCUT2D eigenvalue weighted by Gasteiger charge is 2.34. The molecule has 5 heteroatoms. The lowest BCUT2D eigenvalue weighted by atomic mass is 10.1. The number of para-hydroxylation sites is 1. The third-order valence-electron chi connectivity index (χ3n) is 3.72. The minimum absolute atomic E-state index is 0. The van der Waals surface area contributed by atoms with E-state index in [2.05, 4.69) is 6.92 Å². The van der Waals surface area contributed by atoms with E-state index in [-0.39, 0.29) is 24.4 Å². The predicted molar refractivity (Wildman–Crippen MR) is 86.7 cm³/mol. The summed E-state index contributed by atoms with van der Waals surface area (Å²) in [6, 6.07) is 7.82. The van der Waals surface area contributed by atoms with E-state index in [4.69, 9.17) is 10.5 Å². The van der Waals surface area contributed by atoms with E-state index >= 15 is 0 Å². The highest BCUT2D eigenvalue weighted by atomic mass is 35.5. The van der Waals surface area contributed by atoms with Gasteiger partial charge in [0.15, 0.2) is 0 Å². The Balaban J connectivity index is 0.00000220. The first kappa shape index (κ1) is 17.8. The number of nitrogens with two attached hydrogens (primary N) is 1. The monoisotopic (exact) mass is 312 g/mol. The molecule has 0 aromatic heterocycles. The van der Waals surface area contributed by atoms with Gasteiger partial charge in [-0.25, -0.2) is 0 Å². The first-order valence-corrected chi connectivity index (χ1v) is 7.35. The van der Waals surface area contributed by atoms with Crippen LogP contribution in [0.2, 0.25) is 0 Å². The molecule has 1 atom stereocenters. The summed E-state index contributed by atoms with van der Waals surface area (Å²) in [7, 11) is 1.66. The molecule has 0 heterocycles. The molecule has 1 unspecified atom stereocenters. The van der Waals surface area contributed by atoms with Crippen molar-refractivity contribution < 1.29 is 9.53 Å². The fourth-order valence-corrected chi connectivity index (χ4v) is 2.44. The number of carbonyl (C=O) groups is 1. The van der Waals surface area contributed by atoms with Crippen molar-refractivity contribution in [2.45, 2.75) is 51.2 Å². The molecule has 0 spiro atoms. The molecule has 2 N–H and O–H groups in total. The van der Waals surface area contributed by atoms with E-state index in [1.165, 1.54) is 0 Å². The molecule has 1 aromatic rings. The van der Waals surface area contributed by atoms with E-state index in [1.54, 1.807) is 7.11 Å². The molecule has 0 saturated heterocycles. The standard InChI is InChI=1S/C16H24N2O2.ClH/c1-3-6-14(17)16(19)18(13-9-10-13)11-12-7-4-5-8-15(12)20-2;/h4-5,7-8,13-14H,3,6,9-11,17H2,1-2H3;1H. The zero-order valence-electron chi connectivity index (χ0n) is 12.7. The molecule has 1 fully saturated rings. The van der Waals surface area contributed by atoms with E-state index in [1.807, 2.05) is 29.2 Å². The van der Waals surface area contributed by atoms with Gasteiger partial charge in [0, 0.05) is 18.2 Å². The molecule has 4 nitrogen and oxygen atoms in total. The van der Waals surface area contributed by atoms with Crippen LogP contribution in [-0.2, 0) is 11.3 Å². The highest BCUT2D eigenvalue weighted by molar-refractivity contribution is 5.85. The quantitative estimate of drug-likeness (QED) is 0.842. The Kier molecular flexibility index (Phi) is 6.99. The lowest BCUT2D eigenvalue weighted by Gasteiger charge is -2.26. The summed E-state index contributed by atoms with van der Waals surface area (Å²) in [4.78, 5) is 14.4. The van der Waals surface area contributed by atoms with Gasteiger partial charge in [0.25, 0.3) is 0 Å². The van der Waals surface area contributed by atoms with Crippen LogP contribution in [0.15, 0.2) is 24.3 Å². The fraction of sp³-hybridized carbons (Fsp3) is 0.562. The van der Waals surface area contributed by atoms with Crippen LogP contribution in [-0.4, -0.2) is 30.0 Å². The van der Waals surface area contributed by atoms with Crippen molar-refractivity contribution in [1.29, 1.82) is 0 Å². The number of amides is 1. The number of carbonyl (C=O) groups excluding carboxylic acids is 1. The summed E-state index contributed by atoms with van der Waals surface area (Å²) in [6.07, 6.45) is 3.84. The number of hydrogen-bond donors (Lipinski definition) is 1. The second-order valence-corrected chi connectivity index (χ2v) is 5.40. The van der Waals surface area contributed by atoms with Crippen molar-refractivity contribution >= 4 is 18.3 Å². The molecule has 1 amide bonds. The van der Waals surface area contributed by atoms with Crippen molar-refractivity contribution in [3.05, 3.63) is 29.8 Å². The van der Waals surface area contributed by atoms with Crippen molar-refractivity contribution in [2.24, 2.45) is 5.73 Å². The van der Waals surface area contributed by atoms with Crippen LogP contribution in [0.4, 0.5) is 0 Å². The van der Waals surface area contributed by atoms with Crippen molar-refractivity contribution in [1.82, 2.24) is 4.90 Å². The molecule has 0 bridgehead atoms. The zero-order valence-corrected chi connectivity index (χ0v) is 13.6. The second-order valence-electron chi connectivity index (χ2n) is 5.40. The van der Waals surface area contributed by atoms with Gasteiger partial charge in [-0.2, -0.15) is 0 Å². The number of methoxy groups -OCH3 is 1. The molecule has 118 valence electrons. The highest BCUT2D eigenvalue weighted by Crippen LogP contribution is 2.31. The van der Waals surface area contributed by atoms with Gasteiger partial charge in [0.05, 0.1) is 13.2 Å². The molecular formula is C16H25ClN2O2. The number of ether oxygens (including phenoxy) is 1. The van der Waals surface area contributed by atoms with Crippen LogP contribution in [0.1, 0.15) is 38.2 Å². The van der Waals surface area contributed by atoms with Crippen molar-refractivity contribution in [3.63, 3.8) is 0 Å². The number of benzene rings is 1. The third-order valence-corrected chi connectivity index (χ3v) is 3.72. The third kappa shape index (κ3) is 4.61. The van der Waals surface area contributed by atoms with Crippen LogP contribution in [0, 0.1) is 0 Å². The van der Waals surface area contributed by atoms with E-state index in [0.717, 1.165) is 37.0 Å². The average Bonchev–Trinajstić information content (AvgIpc) is 3.29. The molecule has 1 aliphatic rings. The van der Waals surface area contributed by atoms with Crippen LogP contribution in [0.25, 0.3) is 0 Å². The zero-order chi connectivity index (χ0) is 14.5. The number of nitrogens with zero attached hydrogens (tertiary/aromatic N) is 1. The fourth-order valence-electron chi connectivity index (χ4n) is 2.44. The maximum atomic E-state index is 12.5. The lowest BCUT2D eigenvalue weighted by molar-refractivity contribution is -0.134. The Morgan fingerprint density at radius 2 is 2.10 bits per heavy atom. The lowest BCUT2D eigenvalue weighted by Crippen LogP contribution is -2.44. The molecule has 1 aromatic carbocycles. The molecule has 21 heavy (non-hydrogen) atoms. The van der Waals surface area contributed by atoms with Crippen molar-refractivity contribution in [2.75, 3.05) is 7.11 Å². The Morgan fingerprint density at radius 3 is 2.67 bits per heavy atom. The van der Waals surface area contributed by atoms with Crippen LogP contribution < -0.4 is 10.5 Å². The molecule has 1 saturated carbocycles. The van der Waals surface area contributed by atoms with Crippen molar-refractivity contribution in [3.8, 4) is 5.75 Å². The largest absolute Gasteiger partial charge is 0.496 e. The summed E-state index contributed by atoms with van der Waals surface area (Å²) in [5.74, 6) is 0.898. The van der Waals surface area contributed by atoms with Crippen LogP contribution >= 0.6 is 12.4 Å². The predicted octanol–water partition coefficient (Wildman–Crippen LogP) is 2.74. The summed E-state index contributed by atoms with van der Waals surface area (Å²) in [6.45, 7) is 2.64. The van der Waals surface area contributed by atoms with Gasteiger partial charge < -0.3 is 15.4 Å². The average molecular weight is 313 g/mol. The summed E-state index contributed by atoms with van der Waals surface area (Å²) >= 11 is 0. The molecule has 1 aliphatic carbocycles. The summed E-state index contributed by atoms with van der Waals surface area (Å²) in [5.41, 5.74) is 7.04. The maximum absolute atomic E-state index is 12.5. The normalized spacial score (nSPS) is 15.0. The number of hydrogen-bond acceptors (Lipinski definition) is 3. The summed E-state index contributed by atoms with van der Waals surface area (Å²) in [5, 5.41) is 0. The Labute approximate surface area is 133 Å². The topological polar surface area (TPSA) is 55.6 Å². The minimum Gasteiger partial charge on any atom is -0.496 e. The molecule has 0 radical (unpaired) electrons. The van der Waals surface area contributed by atoms with E-state index in [9.17, 15) is 4.79 Å². The maximum Gasteiger partial charge on any atom is 0.240 e. The van der Waals surface area contributed by atoms with Gasteiger partial charge in [0.1, 0.15) is 5.75 Å². The molecular weight excluding hydrogens is 288 g/mol. The first-order valence-electron chi connectivity index (χ1n) is 7.35. The molecule has 2 rings (SSSR count). The minimum atomic E-state index is -0.379. The van der Waals surface area contributed by atoms with Gasteiger partial charge in [-0.3, -0.25) is 4.79 Å². The van der Waals surface area contributed by atoms with Gasteiger partial charge >= 0.3 is 0 Å². The second kappa shape index (κ2) is 8.25. The van der Waals surface area contributed by atoms with E-state index in [0.29, 0.717) is 12.6 Å². The van der Waals surface area contributed by atoms with Gasteiger partial charge in [-0.1, -0.05) is 31.5 Å². The SMILES string of the molecule is CCCC(N)C(=O)N(Cc1ccccc1OC)C1CC1.Cl. The summed E-state index contributed by atoms with van der Waals surface area (Å²) < 4.78 is 5.36. The van der Waals surface area contributed by atoms with Crippen LogP contribution in [0.5, 0.6) is 5.75 Å². The smallest absolute Gasteiger partial charge is 0.240 e. The first-order chi connectivity index (χ1) is 9.67. The van der Waals surface area contributed by atoms with E-state index < -0.39 is 0 Å². The van der Waals surface area contributed by atoms with Gasteiger partial charge in [-0.15, -0.1) is 12.4 Å². The van der Waals surface area contributed by atoms with Crippen LogP contribution in [0.3, 0.4) is 0 Å². The van der Waals surface area contributed by atoms with Gasteiger partial charge in [-0.05, 0) is 25.3 Å². The Morgan fingerprint density at radius 1 is 1.43 bits per heavy atom. The molecule has 0 aliphatic heterocycles. The number of halogens is 1. The Hall–Kier alpha value is -1.26. The Bertz CT molecular complexity index is 463. The van der Waals surface area contributed by atoms with Gasteiger partial charge in [0.2, 0.25) is 5.91 Å².